The fraction of sp³-hybridized carbons (Fsp3) is 1.00. The summed E-state index contributed by atoms with van der Waals surface area (Å²) in [4.78, 5) is 0. The summed E-state index contributed by atoms with van der Waals surface area (Å²) in [6.45, 7) is 6.17. The monoisotopic (exact) mass is 142 g/mol. The Labute approximate surface area is 61.5 Å². The standard InChI is InChI=1S/C8H14O2/c1-5-3-9-8-6(2)4-10-7(5)8/h5-8H,3-4H2,1-2H3/t5-,6-,7+,8+/m1/s1. The van der Waals surface area contributed by atoms with Crippen LogP contribution in [-0.2, 0) is 9.47 Å². The predicted molar refractivity (Wildman–Crippen MR) is 37.8 cm³/mol. The molecule has 2 saturated heterocycles. The Bertz CT molecular complexity index is 119. The lowest BCUT2D eigenvalue weighted by Crippen LogP contribution is -2.23. The molecule has 2 aliphatic rings. The number of ether oxygens (including phenoxy) is 2. The van der Waals surface area contributed by atoms with Crippen LogP contribution in [0.3, 0.4) is 0 Å². The third-order valence-corrected chi connectivity index (χ3v) is 2.55. The van der Waals surface area contributed by atoms with Gasteiger partial charge in [0.15, 0.2) is 0 Å². The van der Waals surface area contributed by atoms with Crippen LogP contribution in [0, 0.1) is 11.8 Å². The highest BCUT2D eigenvalue weighted by Crippen LogP contribution is 2.33. The van der Waals surface area contributed by atoms with Crippen LogP contribution < -0.4 is 0 Å². The highest BCUT2D eigenvalue weighted by Gasteiger charge is 2.43. The van der Waals surface area contributed by atoms with Gasteiger partial charge in [0.05, 0.1) is 25.4 Å². The van der Waals surface area contributed by atoms with E-state index in [0.717, 1.165) is 13.2 Å². The fourth-order valence-corrected chi connectivity index (χ4v) is 1.88. The van der Waals surface area contributed by atoms with Crippen molar-refractivity contribution in [1.29, 1.82) is 0 Å². The Kier molecular flexibility index (Phi) is 1.46. The Balaban J connectivity index is 2.09. The van der Waals surface area contributed by atoms with Gasteiger partial charge < -0.3 is 9.47 Å². The minimum absolute atomic E-state index is 0.398. The molecule has 10 heavy (non-hydrogen) atoms. The van der Waals surface area contributed by atoms with Gasteiger partial charge in [-0.1, -0.05) is 13.8 Å². The average Bonchev–Trinajstić information content (AvgIpc) is 2.41. The van der Waals surface area contributed by atoms with E-state index in [4.69, 9.17) is 9.47 Å². The van der Waals surface area contributed by atoms with Gasteiger partial charge in [-0.05, 0) is 0 Å². The van der Waals surface area contributed by atoms with Gasteiger partial charge in [0.25, 0.3) is 0 Å². The molecule has 0 N–H and O–H groups in total. The molecule has 0 aromatic carbocycles. The van der Waals surface area contributed by atoms with Crippen LogP contribution in [0.4, 0.5) is 0 Å². The Hall–Kier alpha value is -0.0800. The summed E-state index contributed by atoms with van der Waals surface area (Å²) >= 11 is 0. The first-order chi connectivity index (χ1) is 4.79. The zero-order valence-electron chi connectivity index (χ0n) is 6.54. The quantitative estimate of drug-likeness (QED) is 0.503. The molecular weight excluding hydrogens is 128 g/mol. The van der Waals surface area contributed by atoms with Crippen molar-refractivity contribution in [3.63, 3.8) is 0 Å². The highest BCUT2D eigenvalue weighted by atomic mass is 16.6. The number of hydrogen-bond acceptors (Lipinski definition) is 2. The molecule has 0 saturated carbocycles. The molecule has 2 heterocycles. The van der Waals surface area contributed by atoms with Gasteiger partial charge in [-0.25, -0.2) is 0 Å². The maximum absolute atomic E-state index is 5.58. The summed E-state index contributed by atoms with van der Waals surface area (Å²) in [5.74, 6) is 1.21. The maximum Gasteiger partial charge on any atom is 0.0887 e. The first kappa shape index (κ1) is 6.62. The molecule has 2 nitrogen and oxygen atoms in total. The van der Waals surface area contributed by atoms with Crippen LogP contribution in [0.2, 0.25) is 0 Å². The van der Waals surface area contributed by atoms with E-state index in [-0.39, 0.29) is 0 Å². The first-order valence-electron chi connectivity index (χ1n) is 4.02. The van der Waals surface area contributed by atoms with Crippen molar-refractivity contribution in [3.8, 4) is 0 Å². The van der Waals surface area contributed by atoms with E-state index in [2.05, 4.69) is 13.8 Å². The second-order valence-electron chi connectivity index (χ2n) is 3.55. The fourth-order valence-electron chi connectivity index (χ4n) is 1.88. The maximum atomic E-state index is 5.58. The smallest absolute Gasteiger partial charge is 0.0887 e. The largest absolute Gasteiger partial charge is 0.375 e. The van der Waals surface area contributed by atoms with Crippen molar-refractivity contribution in [2.45, 2.75) is 26.1 Å². The lowest BCUT2D eigenvalue weighted by atomic mass is 9.99. The van der Waals surface area contributed by atoms with Gasteiger partial charge in [-0.2, -0.15) is 0 Å². The second-order valence-corrected chi connectivity index (χ2v) is 3.55. The van der Waals surface area contributed by atoms with Crippen LogP contribution in [-0.4, -0.2) is 25.4 Å². The normalized spacial score (nSPS) is 53.4. The molecule has 4 atom stereocenters. The molecule has 0 amide bonds. The summed E-state index contributed by atoms with van der Waals surface area (Å²) in [6.07, 6.45) is 0.796. The molecule has 2 fully saturated rings. The zero-order valence-corrected chi connectivity index (χ0v) is 6.54. The molecule has 0 bridgehead atoms. The summed E-state index contributed by atoms with van der Waals surface area (Å²) in [5, 5.41) is 0. The van der Waals surface area contributed by atoms with E-state index >= 15 is 0 Å². The van der Waals surface area contributed by atoms with Crippen molar-refractivity contribution in [2.75, 3.05) is 13.2 Å². The van der Waals surface area contributed by atoms with E-state index < -0.39 is 0 Å². The number of fused-ring (bicyclic) bond motifs is 1. The average molecular weight is 142 g/mol. The van der Waals surface area contributed by atoms with Crippen LogP contribution in [0.25, 0.3) is 0 Å². The minimum Gasteiger partial charge on any atom is -0.375 e. The lowest BCUT2D eigenvalue weighted by Gasteiger charge is -2.10. The van der Waals surface area contributed by atoms with E-state index in [1.54, 1.807) is 0 Å². The molecule has 0 aromatic rings. The molecule has 0 aromatic heterocycles. The van der Waals surface area contributed by atoms with E-state index in [0.29, 0.717) is 24.0 Å². The molecular formula is C8H14O2. The Morgan fingerprint density at radius 1 is 0.900 bits per heavy atom. The molecule has 58 valence electrons. The van der Waals surface area contributed by atoms with Gasteiger partial charge in [-0.15, -0.1) is 0 Å². The van der Waals surface area contributed by atoms with E-state index in [9.17, 15) is 0 Å². The lowest BCUT2D eigenvalue weighted by molar-refractivity contribution is 0.0627. The Morgan fingerprint density at radius 2 is 1.30 bits per heavy atom. The van der Waals surface area contributed by atoms with Crippen LogP contribution in [0.15, 0.2) is 0 Å². The van der Waals surface area contributed by atoms with Gasteiger partial charge in [0, 0.05) is 11.8 Å². The number of rotatable bonds is 0. The van der Waals surface area contributed by atoms with Gasteiger partial charge in [0.1, 0.15) is 0 Å². The van der Waals surface area contributed by atoms with Crippen molar-refractivity contribution in [3.05, 3.63) is 0 Å². The van der Waals surface area contributed by atoms with Crippen LogP contribution in [0.1, 0.15) is 13.8 Å². The van der Waals surface area contributed by atoms with Crippen LogP contribution >= 0.6 is 0 Å². The van der Waals surface area contributed by atoms with Crippen molar-refractivity contribution >= 4 is 0 Å². The van der Waals surface area contributed by atoms with Gasteiger partial charge in [-0.3, -0.25) is 0 Å². The third kappa shape index (κ3) is 0.789. The summed E-state index contributed by atoms with van der Waals surface area (Å²) in [5.41, 5.74) is 0. The summed E-state index contributed by atoms with van der Waals surface area (Å²) in [7, 11) is 0. The first-order valence-corrected chi connectivity index (χ1v) is 4.02. The molecule has 0 spiro atoms. The molecule has 0 aliphatic carbocycles. The van der Waals surface area contributed by atoms with Gasteiger partial charge in [0.2, 0.25) is 0 Å². The van der Waals surface area contributed by atoms with E-state index in [1.165, 1.54) is 0 Å². The van der Waals surface area contributed by atoms with Crippen molar-refractivity contribution in [2.24, 2.45) is 11.8 Å². The predicted octanol–water partition coefficient (Wildman–Crippen LogP) is 1.06. The number of hydrogen-bond donors (Lipinski definition) is 0. The highest BCUT2D eigenvalue weighted by molar-refractivity contribution is 4.90. The van der Waals surface area contributed by atoms with Gasteiger partial charge >= 0.3 is 0 Å². The molecule has 2 heteroatoms. The second kappa shape index (κ2) is 2.21. The SMILES string of the molecule is C[C@@H]1CO[C@@H]2[C@H]1OC[C@H]2C. The minimum atomic E-state index is 0.398. The van der Waals surface area contributed by atoms with Crippen LogP contribution in [0.5, 0.6) is 0 Å². The zero-order chi connectivity index (χ0) is 7.14. The molecule has 2 aliphatic heterocycles. The molecule has 0 radical (unpaired) electrons. The summed E-state index contributed by atoms with van der Waals surface area (Å²) in [6, 6.07) is 0. The van der Waals surface area contributed by atoms with Crippen molar-refractivity contribution in [1.82, 2.24) is 0 Å². The summed E-state index contributed by atoms with van der Waals surface area (Å²) < 4.78 is 11.2. The third-order valence-electron chi connectivity index (χ3n) is 2.55. The molecule has 0 unspecified atom stereocenters. The molecule has 2 rings (SSSR count). The van der Waals surface area contributed by atoms with Crippen molar-refractivity contribution < 1.29 is 9.47 Å². The van der Waals surface area contributed by atoms with E-state index in [1.807, 2.05) is 0 Å². The Morgan fingerprint density at radius 3 is 1.70 bits per heavy atom. The topological polar surface area (TPSA) is 18.5 Å².